The van der Waals surface area contributed by atoms with Crippen molar-refractivity contribution in [3.05, 3.63) is 94.0 Å². The Hall–Kier alpha value is -4.05. The highest BCUT2D eigenvalue weighted by Gasteiger charge is 2.19. The Kier molecular flexibility index (Phi) is 12.5. The molecule has 0 radical (unpaired) electrons. The standard InChI is InChI=1S/C35H46N6O3/c1-4-40(19-20-42)18-15-36-24-28-9-8-10-30(22-28)34(43)38-33-14-13-31(41-16-6-5-7-17-41)23-32(33)35(44)39-37-25-29-12-11-26(2)27(3)21-29/h8-14,21-23,25,36,42H,4-7,15-20,24H2,1-3H3,(H,38,43)(H,39,44). The molecule has 1 aliphatic rings. The van der Waals surface area contributed by atoms with E-state index in [1.807, 2.05) is 55.5 Å². The normalized spacial score (nSPS) is 13.4. The van der Waals surface area contributed by atoms with Crippen molar-refractivity contribution < 1.29 is 14.7 Å². The molecule has 0 bridgehead atoms. The van der Waals surface area contributed by atoms with Gasteiger partial charge in [-0.15, -0.1) is 0 Å². The third-order valence-electron chi connectivity index (χ3n) is 8.11. The number of hydrogen-bond donors (Lipinski definition) is 4. The zero-order chi connectivity index (χ0) is 31.3. The lowest BCUT2D eigenvalue weighted by Crippen LogP contribution is -2.33. The summed E-state index contributed by atoms with van der Waals surface area (Å²) < 4.78 is 0. The number of likely N-dealkylation sites (N-methyl/N-ethyl adjacent to an activating group) is 1. The topological polar surface area (TPSA) is 109 Å². The van der Waals surface area contributed by atoms with Gasteiger partial charge in [0.2, 0.25) is 0 Å². The van der Waals surface area contributed by atoms with Gasteiger partial charge in [-0.2, -0.15) is 5.10 Å². The lowest BCUT2D eigenvalue weighted by molar-refractivity contribution is 0.0956. The van der Waals surface area contributed by atoms with Crippen LogP contribution in [0.4, 0.5) is 11.4 Å². The van der Waals surface area contributed by atoms with Crippen LogP contribution in [0.5, 0.6) is 0 Å². The Morgan fingerprint density at radius 1 is 0.955 bits per heavy atom. The number of nitrogens with one attached hydrogen (secondary N) is 3. The third-order valence-corrected chi connectivity index (χ3v) is 8.11. The number of hydrogen-bond acceptors (Lipinski definition) is 7. The van der Waals surface area contributed by atoms with Crippen molar-refractivity contribution in [2.75, 3.05) is 56.1 Å². The van der Waals surface area contributed by atoms with Crippen LogP contribution < -0.4 is 21.0 Å². The molecule has 44 heavy (non-hydrogen) atoms. The Morgan fingerprint density at radius 2 is 1.77 bits per heavy atom. The van der Waals surface area contributed by atoms with E-state index in [1.165, 1.54) is 12.0 Å². The number of benzene rings is 3. The number of aliphatic hydroxyl groups excluding tert-OH is 1. The van der Waals surface area contributed by atoms with Crippen LogP contribution in [-0.2, 0) is 6.54 Å². The highest BCUT2D eigenvalue weighted by atomic mass is 16.3. The summed E-state index contributed by atoms with van der Waals surface area (Å²) in [6, 6.07) is 19.1. The number of anilines is 2. The number of nitrogens with zero attached hydrogens (tertiary/aromatic N) is 3. The van der Waals surface area contributed by atoms with Gasteiger partial charge in [0.1, 0.15) is 0 Å². The van der Waals surface area contributed by atoms with Crippen molar-refractivity contribution in [1.29, 1.82) is 0 Å². The highest BCUT2D eigenvalue weighted by molar-refractivity contribution is 6.09. The SMILES string of the molecule is CCN(CCO)CCNCc1cccc(C(=O)Nc2ccc(N3CCCCC3)cc2C(=O)NN=Cc2ccc(C)c(C)c2)c1. The summed E-state index contributed by atoms with van der Waals surface area (Å²) in [6.45, 7) is 12.0. The summed E-state index contributed by atoms with van der Waals surface area (Å²) in [5, 5.41) is 19.8. The third kappa shape index (κ3) is 9.47. The molecule has 0 aliphatic carbocycles. The van der Waals surface area contributed by atoms with E-state index < -0.39 is 0 Å². The van der Waals surface area contributed by atoms with Crippen LogP contribution in [0.1, 0.15) is 69.2 Å². The molecule has 4 rings (SSSR count). The molecular weight excluding hydrogens is 552 g/mol. The van der Waals surface area contributed by atoms with Crippen molar-refractivity contribution in [2.24, 2.45) is 5.10 Å². The number of rotatable bonds is 14. The zero-order valence-electron chi connectivity index (χ0n) is 26.2. The lowest BCUT2D eigenvalue weighted by Gasteiger charge is -2.29. The Morgan fingerprint density at radius 3 is 2.52 bits per heavy atom. The van der Waals surface area contributed by atoms with E-state index in [4.69, 9.17) is 0 Å². The molecule has 9 heteroatoms. The second-order valence-corrected chi connectivity index (χ2v) is 11.3. The van der Waals surface area contributed by atoms with Crippen LogP contribution in [0.25, 0.3) is 0 Å². The van der Waals surface area contributed by atoms with E-state index in [1.54, 1.807) is 18.3 Å². The molecular formula is C35H46N6O3. The maximum Gasteiger partial charge on any atom is 0.273 e. The molecule has 2 amide bonds. The molecule has 0 saturated carbocycles. The molecule has 3 aromatic carbocycles. The van der Waals surface area contributed by atoms with Gasteiger partial charge in [0.25, 0.3) is 11.8 Å². The second kappa shape index (κ2) is 16.7. The molecule has 234 valence electrons. The van der Waals surface area contributed by atoms with Crippen LogP contribution in [0, 0.1) is 13.8 Å². The van der Waals surface area contributed by atoms with Gasteiger partial charge in [-0.3, -0.25) is 9.59 Å². The summed E-state index contributed by atoms with van der Waals surface area (Å²) in [4.78, 5) is 31.3. The molecule has 9 nitrogen and oxygen atoms in total. The van der Waals surface area contributed by atoms with E-state index in [-0.39, 0.29) is 18.4 Å². The zero-order valence-corrected chi connectivity index (χ0v) is 26.2. The van der Waals surface area contributed by atoms with Crippen molar-refractivity contribution in [3.8, 4) is 0 Å². The van der Waals surface area contributed by atoms with E-state index in [9.17, 15) is 14.7 Å². The average Bonchev–Trinajstić information content (AvgIpc) is 3.04. The van der Waals surface area contributed by atoms with Crippen molar-refractivity contribution in [1.82, 2.24) is 15.6 Å². The minimum absolute atomic E-state index is 0.149. The maximum absolute atomic E-state index is 13.4. The molecule has 1 saturated heterocycles. The van der Waals surface area contributed by atoms with Gasteiger partial charge >= 0.3 is 0 Å². The Labute approximate surface area is 261 Å². The monoisotopic (exact) mass is 598 g/mol. The molecule has 1 heterocycles. The first kappa shape index (κ1) is 32.9. The summed E-state index contributed by atoms with van der Waals surface area (Å²) in [5.41, 5.74) is 9.15. The summed E-state index contributed by atoms with van der Waals surface area (Å²) in [6.07, 6.45) is 5.07. The van der Waals surface area contributed by atoms with E-state index in [2.05, 4.69) is 44.8 Å². The van der Waals surface area contributed by atoms with Gasteiger partial charge < -0.3 is 25.5 Å². The fourth-order valence-corrected chi connectivity index (χ4v) is 5.30. The first-order valence-electron chi connectivity index (χ1n) is 15.6. The van der Waals surface area contributed by atoms with Crippen LogP contribution in [0.15, 0.2) is 65.8 Å². The molecule has 0 spiro atoms. The summed E-state index contributed by atoms with van der Waals surface area (Å²) in [7, 11) is 0. The van der Waals surface area contributed by atoms with Crippen molar-refractivity contribution >= 4 is 29.4 Å². The molecule has 3 aromatic rings. The largest absolute Gasteiger partial charge is 0.395 e. The molecule has 0 unspecified atom stereocenters. The van der Waals surface area contributed by atoms with Crippen molar-refractivity contribution in [2.45, 2.75) is 46.6 Å². The second-order valence-electron chi connectivity index (χ2n) is 11.3. The fourth-order valence-electron chi connectivity index (χ4n) is 5.30. The van der Waals surface area contributed by atoms with Gasteiger partial charge in [0.15, 0.2) is 0 Å². The van der Waals surface area contributed by atoms with Crippen LogP contribution in [0.3, 0.4) is 0 Å². The number of aryl methyl sites for hydroxylation is 2. The molecule has 1 fully saturated rings. The predicted octanol–water partition coefficient (Wildman–Crippen LogP) is 4.71. The Balaban J connectivity index is 1.46. The van der Waals surface area contributed by atoms with Crippen molar-refractivity contribution in [3.63, 3.8) is 0 Å². The van der Waals surface area contributed by atoms with Crippen LogP contribution in [-0.4, -0.2) is 73.9 Å². The number of carbonyl (C=O) groups is 2. The summed E-state index contributed by atoms with van der Waals surface area (Å²) in [5.74, 6) is -0.676. The smallest absolute Gasteiger partial charge is 0.273 e. The fraction of sp³-hybridized carbons (Fsp3) is 0.400. The predicted molar refractivity (Wildman–Crippen MR) is 179 cm³/mol. The molecule has 4 N–H and O–H groups in total. The molecule has 0 atom stereocenters. The van der Waals surface area contributed by atoms with E-state index in [0.717, 1.165) is 67.9 Å². The van der Waals surface area contributed by atoms with Crippen LogP contribution >= 0.6 is 0 Å². The van der Waals surface area contributed by atoms with Gasteiger partial charge in [-0.1, -0.05) is 37.3 Å². The minimum atomic E-state index is -0.389. The van der Waals surface area contributed by atoms with E-state index in [0.29, 0.717) is 29.9 Å². The lowest BCUT2D eigenvalue weighted by atomic mass is 10.1. The molecule has 1 aliphatic heterocycles. The quantitative estimate of drug-likeness (QED) is 0.122. The highest BCUT2D eigenvalue weighted by Crippen LogP contribution is 2.26. The average molecular weight is 599 g/mol. The van der Waals surface area contributed by atoms with Crippen LogP contribution in [0.2, 0.25) is 0 Å². The molecule has 0 aromatic heterocycles. The number of carbonyl (C=O) groups excluding carboxylic acids is 2. The van der Waals surface area contributed by atoms with Gasteiger partial charge in [0, 0.05) is 50.5 Å². The van der Waals surface area contributed by atoms with Gasteiger partial charge in [-0.25, -0.2) is 5.43 Å². The minimum Gasteiger partial charge on any atom is -0.395 e. The maximum atomic E-state index is 13.4. The Bertz CT molecular complexity index is 1430. The summed E-state index contributed by atoms with van der Waals surface area (Å²) >= 11 is 0. The number of aliphatic hydroxyl groups is 1. The first-order chi connectivity index (χ1) is 21.4. The number of hydrazone groups is 1. The number of piperidine rings is 1. The van der Waals surface area contributed by atoms with E-state index >= 15 is 0 Å². The van der Waals surface area contributed by atoms with Gasteiger partial charge in [-0.05, 0) is 92.2 Å². The number of amides is 2. The first-order valence-corrected chi connectivity index (χ1v) is 15.6. The van der Waals surface area contributed by atoms with Gasteiger partial charge in [0.05, 0.1) is 24.1 Å².